The first-order valence-electron chi connectivity index (χ1n) is 5.67. The number of nitrogens with zero attached hydrogens (tertiary/aromatic N) is 2. The topological polar surface area (TPSA) is 64.9 Å². The summed E-state index contributed by atoms with van der Waals surface area (Å²) in [6, 6.07) is -0.111. The van der Waals surface area contributed by atoms with E-state index in [0.717, 1.165) is 12.2 Å². The standard InChI is InChI=1S/C11H19N3O/c1-6(2)4-9(12)11-13-10(14-15-11)8-5-7(8)3/h6-9H,4-5,12H2,1-3H3/t7?,8?,9-/m0/s1. The maximum Gasteiger partial charge on any atom is 0.243 e. The van der Waals surface area contributed by atoms with Crippen LogP contribution in [0.3, 0.4) is 0 Å². The van der Waals surface area contributed by atoms with Crippen LogP contribution in [0.2, 0.25) is 0 Å². The summed E-state index contributed by atoms with van der Waals surface area (Å²) in [6.07, 6.45) is 2.07. The van der Waals surface area contributed by atoms with E-state index >= 15 is 0 Å². The number of nitrogens with two attached hydrogens (primary N) is 1. The third-order valence-electron chi connectivity index (χ3n) is 2.94. The van der Waals surface area contributed by atoms with E-state index in [4.69, 9.17) is 10.3 Å². The van der Waals surface area contributed by atoms with E-state index < -0.39 is 0 Å². The predicted octanol–water partition coefficient (Wildman–Crippen LogP) is 2.24. The zero-order chi connectivity index (χ0) is 11.0. The molecule has 1 aliphatic rings. The van der Waals surface area contributed by atoms with Crippen LogP contribution in [0.1, 0.15) is 57.3 Å². The molecule has 0 spiro atoms. The molecule has 1 saturated carbocycles. The van der Waals surface area contributed by atoms with Crippen LogP contribution < -0.4 is 5.73 Å². The normalized spacial score (nSPS) is 27.0. The Labute approximate surface area is 90.2 Å². The molecule has 84 valence electrons. The average Bonchev–Trinajstić information content (AvgIpc) is 2.70. The molecular weight excluding hydrogens is 190 g/mol. The van der Waals surface area contributed by atoms with E-state index in [1.165, 1.54) is 6.42 Å². The quantitative estimate of drug-likeness (QED) is 0.825. The van der Waals surface area contributed by atoms with Gasteiger partial charge in [0.2, 0.25) is 5.89 Å². The highest BCUT2D eigenvalue weighted by atomic mass is 16.5. The zero-order valence-corrected chi connectivity index (χ0v) is 9.60. The van der Waals surface area contributed by atoms with E-state index in [1.807, 2.05) is 0 Å². The minimum Gasteiger partial charge on any atom is -0.338 e. The van der Waals surface area contributed by atoms with Crippen molar-refractivity contribution in [1.29, 1.82) is 0 Å². The molecule has 0 aromatic carbocycles. The van der Waals surface area contributed by atoms with Gasteiger partial charge < -0.3 is 10.3 Å². The first kappa shape index (κ1) is 10.6. The van der Waals surface area contributed by atoms with Crippen molar-refractivity contribution in [1.82, 2.24) is 10.1 Å². The SMILES string of the molecule is CC(C)C[C@H](N)c1nc(C2CC2C)no1. The van der Waals surface area contributed by atoms with Crippen molar-refractivity contribution in [2.45, 2.75) is 45.6 Å². The Morgan fingerprint density at radius 2 is 2.20 bits per heavy atom. The smallest absolute Gasteiger partial charge is 0.243 e. The third-order valence-corrected chi connectivity index (χ3v) is 2.94. The first-order valence-corrected chi connectivity index (χ1v) is 5.67. The van der Waals surface area contributed by atoms with Crippen LogP contribution >= 0.6 is 0 Å². The maximum absolute atomic E-state index is 5.97. The van der Waals surface area contributed by atoms with E-state index in [0.29, 0.717) is 23.6 Å². The molecule has 4 heteroatoms. The van der Waals surface area contributed by atoms with Gasteiger partial charge in [0.1, 0.15) is 0 Å². The van der Waals surface area contributed by atoms with Gasteiger partial charge in [-0.15, -0.1) is 0 Å². The Morgan fingerprint density at radius 3 is 2.73 bits per heavy atom. The van der Waals surface area contributed by atoms with Crippen molar-refractivity contribution in [3.05, 3.63) is 11.7 Å². The molecule has 4 nitrogen and oxygen atoms in total. The van der Waals surface area contributed by atoms with Crippen molar-refractivity contribution in [3.8, 4) is 0 Å². The van der Waals surface area contributed by atoms with Crippen LogP contribution in [0.25, 0.3) is 0 Å². The molecule has 1 aromatic heterocycles. The van der Waals surface area contributed by atoms with Crippen LogP contribution in [0, 0.1) is 11.8 Å². The van der Waals surface area contributed by atoms with Gasteiger partial charge in [0, 0.05) is 5.92 Å². The third kappa shape index (κ3) is 2.37. The molecular formula is C11H19N3O. The number of hydrogen-bond acceptors (Lipinski definition) is 4. The van der Waals surface area contributed by atoms with Gasteiger partial charge in [0.05, 0.1) is 6.04 Å². The largest absolute Gasteiger partial charge is 0.338 e. The summed E-state index contributed by atoms with van der Waals surface area (Å²) in [6.45, 7) is 6.48. The summed E-state index contributed by atoms with van der Waals surface area (Å²) in [7, 11) is 0. The second-order valence-electron chi connectivity index (χ2n) is 5.05. The van der Waals surface area contributed by atoms with Crippen molar-refractivity contribution < 1.29 is 4.52 Å². The molecule has 0 bridgehead atoms. The summed E-state index contributed by atoms with van der Waals surface area (Å²) >= 11 is 0. The Kier molecular flexibility index (Phi) is 2.78. The Hall–Kier alpha value is -0.900. The molecule has 0 radical (unpaired) electrons. The molecule has 1 fully saturated rings. The minimum absolute atomic E-state index is 0.111. The van der Waals surface area contributed by atoms with Crippen LogP contribution in [0.5, 0.6) is 0 Å². The van der Waals surface area contributed by atoms with Gasteiger partial charge in [0.25, 0.3) is 0 Å². The second kappa shape index (κ2) is 3.93. The summed E-state index contributed by atoms with van der Waals surface area (Å²) in [5.41, 5.74) is 5.97. The minimum atomic E-state index is -0.111. The zero-order valence-electron chi connectivity index (χ0n) is 9.60. The second-order valence-corrected chi connectivity index (χ2v) is 5.05. The van der Waals surface area contributed by atoms with Gasteiger partial charge in [-0.05, 0) is 24.7 Å². The van der Waals surface area contributed by atoms with Crippen LogP contribution in [-0.2, 0) is 0 Å². The molecule has 1 heterocycles. The molecule has 3 atom stereocenters. The van der Waals surface area contributed by atoms with Gasteiger partial charge in [-0.2, -0.15) is 4.98 Å². The lowest BCUT2D eigenvalue weighted by Crippen LogP contribution is -2.13. The van der Waals surface area contributed by atoms with E-state index in [9.17, 15) is 0 Å². The van der Waals surface area contributed by atoms with E-state index in [1.54, 1.807) is 0 Å². The molecule has 1 aromatic rings. The Morgan fingerprint density at radius 1 is 1.53 bits per heavy atom. The van der Waals surface area contributed by atoms with Gasteiger partial charge >= 0.3 is 0 Å². The monoisotopic (exact) mass is 209 g/mol. The summed E-state index contributed by atoms with van der Waals surface area (Å²) in [5.74, 6) is 3.20. The lowest BCUT2D eigenvalue weighted by molar-refractivity contribution is 0.332. The Bertz CT molecular complexity index is 334. The maximum atomic E-state index is 5.97. The Balaban J connectivity index is 2.00. The van der Waals surface area contributed by atoms with Gasteiger partial charge in [-0.25, -0.2) is 0 Å². The molecule has 2 rings (SSSR count). The molecule has 1 aliphatic carbocycles. The first-order chi connectivity index (χ1) is 7.08. The average molecular weight is 209 g/mol. The molecule has 2 N–H and O–H groups in total. The van der Waals surface area contributed by atoms with Crippen LogP contribution in [-0.4, -0.2) is 10.1 Å². The number of aromatic nitrogens is 2. The molecule has 0 saturated heterocycles. The summed E-state index contributed by atoms with van der Waals surface area (Å²) in [4.78, 5) is 4.37. The van der Waals surface area contributed by atoms with E-state index in [2.05, 4.69) is 30.9 Å². The molecule has 0 aliphatic heterocycles. The molecule has 0 amide bonds. The highest BCUT2D eigenvalue weighted by molar-refractivity contribution is 5.08. The summed E-state index contributed by atoms with van der Waals surface area (Å²) < 4.78 is 5.19. The highest BCUT2D eigenvalue weighted by Crippen LogP contribution is 2.45. The lowest BCUT2D eigenvalue weighted by Gasteiger charge is -2.08. The molecule has 2 unspecified atom stereocenters. The van der Waals surface area contributed by atoms with Crippen LogP contribution in [0.15, 0.2) is 4.52 Å². The van der Waals surface area contributed by atoms with Gasteiger partial charge in [-0.1, -0.05) is 25.9 Å². The van der Waals surface area contributed by atoms with Gasteiger partial charge in [-0.3, -0.25) is 0 Å². The van der Waals surface area contributed by atoms with E-state index in [-0.39, 0.29) is 6.04 Å². The van der Waals surface area contributed by atoms with Crippen molar-refractivity contribution >= 4 is 0 Å². The van der Waals surface area contributed by atoms with Crippen molar-refractivity contribution in [2.24, 2.45) is 17.6 Å². The summed E-state index contributed by atoms with van der Waals surface area (Å²) in [5, 5.41) is 3.99. The molecule has 15 heavy (non-hydrogen) atoms. The fourth-order valence-corrected chi connectivity index (χ4v) is 1.84. The van der Waals surface area contributed by atoms with Crippen molar-refractivity contribution in [2.75, 3.05) is 0 Å². The lowest BCUT2D eigenvalue weighted by atomic mass is 10.0. The van der Waals surface area contributed by atoms with Crippen molar-refractivity contribution in [3.63, 3.8) is 0 Å². The number of hydrogen-bond donors (Lipinski definition) is 1. The fraction of sp³-hybridized carbons (Fsp3) is 0.818. The number of rotatable bonds is 4. The van der Waals surface area contributed by atoms with Gasteiger partial charge in [0.15, 0.2) is 5.82 Å². The highest BCUT2D eigenvalue weighted by Gasteiger charge is 2.38. The fourth-order valence-electron chi connectivity index (χ4n) is 1.84. The predicted molar refractivity (Wildman–Crippen MR) is 57.2 cm³/mol. The van der Waals surface area contributed by atoms with Crippen LogP contribution in [0.4, 0.5) is 0 Å².